The molecule has 0 saturated heterocycles. The van der Waals surface area contributed by atoms with Gasteiger partial charge in [-0.1, -0.05) is 6.92 Å². The molecule has 1 aromatic rings. The minimum absolute atomic E-state index is 0.0854. The van der Waals surface area contributed by atoms with E-state index in [0.29, 0.717) is 12.2 Å². The maximum absolute atomic E-state index is 13.9. The first kappa shape index (κ1) is 16.4. The van der Waals surface area contributed by atoms with E-state index < -0.39 is 16.6 Å². The molecule has 1 aromatic carbocycles. The summed E-state index contributed by atoms with van der Waals surface area (Å²) in [7, 11) is 0. The third-order valence-corrected chi connectivity index (χ3v) is 3.63. The van der Waals surface area contributed by atoms with Gasteiger partial charge in [0.2, 0.25) is 0 Å². The molecule has 1 rings (SSSR count). The van der Waals surface area contributed by atoms with E-state index in [1.807, 2.05) is 13.2 Å². The van der Waals surface area contributed by atoms with Gasteiger partial charge in [-0.05, 0) is 25.2 Å². The van der Waals surface area contributed by atoms with E-state index in [-0.39, 0.29) is 22.9 Å². The highest BCUT2D eigenvalue weighted by atomic mass is 32.2. The molecule has 0 aromatic heterocycles. The van der Waals surface area contributed by atoms with Crippen molar-refractivity contribution in [3.05, 3.63) is 39.2 Å². The summed E-state index contributed by atoms with van der Waals surface area (Å²) in [5.74, 6) is -0.625. The Bertz CT molecular complexity index is 523. The van der Waals surface area contributed by atoms with Crippen LogP contribution in [0, 0.1) is 22.9 Å². The average Bonchev–Trinajstić information content (AvgIpc) is 2.40. The summed E-state index contributed by atoms with van der Waals surface area (Å²) >= 11 is 1.57. The number of rotatable bonds is 6. The van der Waals surface area contributed by atoms with Gasteiger partial charge in [-0.3, -0.25) is 14.9 Å². The number of hydrogen-bond acceptors (Lipinski definition) is 4. The molecule has 0 spiro atoms. The van der Waals surface area contributed by atoms with Crippen LogP contribution in [0.15, 0.2) is 12.1 Å². The van der Waals surface area contributed by atoms with Crippen molar-refractivity contribution in [2.45, 2.75) is 26.3 Å². The number of non-ortho nitro benzene ring substituents is 1. The van der Waals surface area contributed by atoms with Crippen LogP contribution in [0.2, 0.25) is 0 Å². The summed E-state index contributed by atoms with van der Waals surface area (Å²) in [6.45, 7) is 3.31. The van der Waals surface area contributed by atoms with E-state index in [1.54, 1.807) is 11.8 Å². The molecule has 0 saturated carbocycles. The zero-order chi connectivity index (χ0) is 15.3. The summed E-state index contributed by atoms with van der Waals surface area (Å²) in [5.41, 5.74) is -0.481. The number of amides is 1. The van der Waals surface area contributed by atoms with Crippen LogP contribution >= 0.6 is 11.8 Å². The molecule has 0 aliphatic rings. The number of nitrogens with zero attached hydrogens (tertiary/aromatic N) is 1. The van der Waals surface area contributed by atoms with Gasteiger partial charge in [0.15, 0.2) is 0 Å². The Kier molecular flexibility index (Phi) is 5.94. The van der Waals surface area contributed by atoms with Crippen LogP contribution in [0.3, 0.4) is 0 Å². The predicted molar refractivity (Wildman–Crippen MR) is 77.7 cm³/mol. The van der Waals surface area contributed by atoms with Crippen molar-refractivity contribution in [3.63, 3.8) is 0 Å². The Morgan fingerprint density at radius 3 is 2.70 bits per heavy atom. The molecule has 0 aliphatic carbocycles. The number of carbonyl (C=O) groups is 1. The Morgan fingerprint density at radius 2 is 2.20 bits per heavy atom. The first-order valence-corrected chi connectivity index (χ1v) is 7.54. The second kappa shape index (κ2) is 7.23. The lowest BCUT2D eigenvalue weighted by molar-refractivity contribution is -0.385. The van der Waals surface area contributed by atoms with Gasteiger partial charge < -0.3 is 5.32 Å². The highest BCUT2D eigenvalue weighted by Gasteiger charge is 2.21. The van der Waals surface area contributed by atoms with E-state index in [9.17, 15) is 19.3 Å². The number of nitro groups is 1. The smallest absolute Gasteiger partial charge is 0.270 e. The largest absolute Gasteiger partial charge is 0.348 e. The van der Waals surface area contributed by atoms with Crippen LogP contribution < -0.4 is 5.32 Å². The molecule has 1 amide bonds. The van der Waals surface area contributed by atoms with Gasteiger partial charge in [-0.2, -0.15) is 11.8 Å². The molecule has 5 nitrogen and oxygen atoms in total. The van der Waals surface area contributed by atoms with Crippen molar-refractivity contribution in [1.82, 2.24) is 5.32 Å². The highest BCUT2D eigenvalue weighted by Crippen LogP contribution is 2.21. The second-order valence-corrected chi connectivity index (χ2v) is 5.33. The third-order valence-electron chi connectivity index (χ3n) is 2.89. The fourth-order valence-corrected chi connectivity index (χ4v) is 2.47. The van der Waals surface area contributed by atoms with Crippen LogP contribution in [0.4, 0.5) is 10.1 Å². The predicted octanol–water partition coefficient (Wildman–Crippen LogP) is 2.91. The monoisotopic (exact) mass is 300 g/mol. The van der Waals surface area contributed by atoms with Gasteiger partial charge >= 0.3 is 0 Å². The SMILES string of the molecule is CCC(CSC)NC(=O)c1cc([N+](=O)[O-])cc(C)c1F. The number of hydrogen-bond donors (Lipinski definition) is 1. The van der Waals surface area contributed by atoms with E-state index in [1.165, 1.54) is 6.92 Å². The Labute approximate surface area is 121 Å². The lowest BCUT2D eigenvalue weighted by Crippen LogP contribution is -2.36. The topological polar surface area (TPSA) is 72.2 Å². The average molecular weight is 300 g/mol. The summed E-state index contributed by atoms with van der Waals surface area (Å²) in [5, 5.41) is 13.5. The summed E-state index contributed by atoms with van der Waals surface area (Å²) in [6, 6.07) is 2.01. The number of nitrogens with one attached hydrogen (secondary N) is 1. The minimum atomic E-state index is -0.716. The van der Waals surface area contributed by atoms with Gasteiger partial charge in [0.25, 0.3) is 11.6 Å². The molecular formula is C13H17FN2O3S. The summed E-state index contributed by atoms with van der Waals surface area (Å²) < 4.78 is 13.9. The van der Waals surface area contributed by atoms with Crippen LogP contribution in [-0.2, 0) is 0 Å². The van der Waals surface area contributed by atoms with Crippen LogP contribution in [0.25, 0.3) is 0 Å². The van der Waals surface area contributed by atoms with Crippen molar-refractivity contribution in [2.75, 3.05) is 12.0 Å². The van der Waals surface area contributed by atoms with Crippen molar-refractivity contribution in [1.29, 1.82) is 0 Å². The highest BCUT2D eigenvalue weighted by molar-refractivity contribution is 7.98. The lowest BCUT2D eigenvalue weighted by Gasteiger charge is -2.16. The van der Waals surface area contributed by atoms with Crippen molar-refractivity contribution < 1.29 is 14.1 Å². The van der Waals surface area contributed by atoms with Gasteiger partial charge in [0.05, 0.1) is 10.5 Å². The summed E-state index contributed by atoms with van der Waals surface area (Å²) in [6.07, 6.45) is 2.62. The fourth-order valence-electron chi connectivity index (χ4n) is 1.75. The van der Waals surface area contributed by atoms with Gasteiger partial charge in [0, 0.05) is 23.9 Å². The molecule has 1 unspecified atom stereocenters. The lowest BCUT2D eigenvalue weighted by atomic mass is 10.1. The first-order chi connectivity index (χ1) is 9.40. The molecule has 1 atom stereocenters. The van der Waals surface area contributed by atoms with E-state index in [4.69, 9.17) is 0 Å². The van der Waals surface area contributed by atoms with Gasteiger partial charge in [-0.25, -0.2) is 4.39 Å². The maximum Gasteiger partial charge on any atom is 0.270 e. The normalized spacial score (nSPS) is 12.0. The van der Waals surface area contributed by atoms with Crippen molar-refractivity contribution in [3.8, 4) is 0 Å². The van der Waals surface area contributed by atoms with E-state index >= 15 is 0 Å². The molecule has 1 N–H and O–H groups in total. The van der Waals surface area contributed by atoms with Crippen molar-refractivity contribution in [2.24, 2.45) is 0 Å². The molecule has 0 aliphatic heterocycles. The molecule has 0 heterocycles. The number of benzene rings is 1. The Morgan fingerprint density at radius 1 is 1.55 bits per heavy atom. The van der Waals surface area contributed by atoms with Crippen LogP contribution in [0.5, 0.6) is 0 Å². The fraction of sp³-hybridized carbons (Fsp3) is 0.462. The number of aryl methyl sites for hydroxylation is 1. The van der Waals surface area contributed by atoms with Crippen LogP contribution in [0.1, 0.15) is 29.3 Å². The standard InChI is InChI=1S/C13H17FN2O3S/c1-4-9(7-20-3)15-13(17)11-6-10(16(18)19)5-8(2)12(11)14/h5-6,9H,4,7H2,1-3H3,(H,15,17). The van der Waals surface area contributed by atoms with Crippen LogP contribution in [-0.4, -0.2) is 28.9 Å². The molecule has 110 valence electrons. The first-order valence-electron chi connectivity index (χ1n) is 6.15. The quantitative estimate of drug-likeness (QED) is 0.647. The number of nitro benzene ring substituents is 1. The Balaban J connectivity index is 3.05. The molecule has 7 heteroatoms. The molecule has 0 bridgehead atoms. The van der Waals surface area contributed by atoms with E-state index in [0.717, 1.165) is 12.1 Å². The molecule has 0 radical (unpaired) electrons. The molecular weight excluding hydrogens is 283 g/mol. The third kappa shape index (κ3) is 3.93. The Hall–Kier alpha value is -1.63. The zero-order valence-electron chi connectivity index (χ0n) is 11.6. The molecule has 20 heavy (non-hydrogen) atoms. The maximum atomic E-state index is 13.9. The second-order valence-electron chi connectivity index (χ2n) is 4.42. The van der Waals surface area contributed by atoms with Gasteiger partial charge in [0.1, 0.15) is 5.82 Å². The number of carbonyl (C=O) groups excluding carboxylic acids is 1. The van der Waals surface area contributed by atoms with E-state index in [2.05, 4.69) is 5.32 Å². The number of thioether (sulfide) groups is 1. The van der Waals surface area contributed by atoms with Crippen molar-refractivity contribution >= 4 is 23.4 Å². The minimum Gasteiger partial charge on any atom is -0.348 e. The number of halogens is 1. The van der Waals surface area contributed by atoms with Gasteiger partial charge in [-0.15, -0.1) is 0 Å². The molecule has 0 fully saturated rings. The summed E-state index contributed by atoms with van der Waals surface area (Å²) in [4.78, 5) is 22.2. The zero-order valence-corrected chi connectivity index (χ0v) is 12.4.